The lowest BCUT2D eigenvalue weighted by molar-refractivity contribution is -0.119. The number of hydrogen-bond donors (Lipinski definition) is 2. The fourth-order valence-corrected chi connectivity index (χ4v) is 1.13. The van der Waals surface area contributed by atoms with E-state index in [4.69, 9.17) is 9.26 Å². The predicted octanol–water partition coefficient (Wildman–Crippen LogP) is 0.548. The van der Waals surface area contributed by atoms with Crippen LogP contribution < -0.4 is 10.6 Å². The summed E-state index contributed by atoms with van der Waals surface area (Å²) in [7, 11) is 1.64. The molecule has 1 heterocycles. The maximum absolute atomic E-state index is 11.3. The SMILES string of the molecule is COCCCNC(=O)CNc1cc(C)on1. The third-order valence-electron chi connectivity index (χ3n) is 1.91. The number of carbonyl (C=O) groups is 1. The molecule has 0 unspecified atom stereocenters. The van der Waals surface area contributed by atoms with Crippen LogP contribution in [0, 0.1) is 6.92 Å². The monoisotopic (exact) mass is 227 g/mol. The Morgan fingerprint density at radius 3 is 3.06 bits per heavy atom. The summed E-state index contributed by atoms with van der Waals surface area (Å²) in [5.74, 6) is 1.21. The average molecular weight is 227 g/mol. The molecular formula is C10H17N3O3. The van der Waals surface area contributed by atoms with Gasteiger partial charge in [0.2, 0.25) is 5.91 Å². The second-order valence-electron chi connectivity index (χ2n) is 3.37. The van der Waals surface area contributed by atoms with Crippen molar-refractivity contribution in [3.05, 3.63) is 11.8 Å². The Kier molecular flexibility index (Phi) is 5.35. The normalized spacial score (nSPS) is 10.1. The van der Waals surface area contributed by atoms with E-state index in [1.54, 1.807) is 20.1 Å². The molecule has 0 saturated heterocycles. The topological polar surface area (TPSA) is 76.4 Å². The number of aromatic nitrogens is 1. The number of hydrogen-bond acceptors (Lipinski definition) is 5. The molecule has 2 N–H and O–H groups in total. The van der Waals surface area contributed by atoms with Crippen LogP contribution in [0.15, 0.2) is 10.6 Å². The second kappa shape index (κ2) is 6.84. The quantitative estimate of drug-likeness (QED) is 0.665. The maximum atomic E-state index is 11.3. The van der Waals surface area contributed by atoms with E-state index in [-0.39, 0.29) is 12.5 Å². The molecule has 0 fully saturated rings. The molecule has 0 bridgehead atoms. The molecule has 0 aromatic carbocycles. The molecule has 1 aromatic heterocycles. The van der Waals surface area contributed by atoms with Gasteiger partial charge in [0.05, 0.1) is 6.54 Å². The summed E-state index contributed by atoms with van der Waals surface area (Å²) < 4.78 is 9.72. The molecule has 16 heavy (non-hydrogen) atoms. The highest BCUT2D eigenvalue weighted by Gasteiger charge is 2.03. The largest absolute Gasteiger partial charge is 0.385 e. The van der Waals surface area contributed by atoms with Crippen molar-refractivity contribution in [3.8, 4) is 0 Å². The van der Waals surface area contributed by atoms with Crippen LogP contribution in [0.25, 0.3) is 0 Å². The Hall–Kier alpha value is -1.56. The molecule has 1 rings (SSSR count). The Balaban J connectivity index is 2.10. The summed E-state index contributed by atoms with van der Waals surface area (Å²) in [4.78, 5) is 11.3. The lowest BCUT2D eigenvalue weighted by Crippen LogP contribution is -2.31. The zero-order valence-corrected chi connectivity index (χ0v) is 9.58. The fourth-order valence-electron chi connectivity index (χ4n) is 1.13. The van der Waals surface area contributed by atoms with E-state index in [9.17, 15) is 4.79 Å². The van der Waals surface area contributed by atoms with Gasteiger partial charge in [-0.25, -0.2) is 0 Å². The molecule has 0 atom stereocenters. The first-order chi connectivity index (χ1) is 7.72. The van der Waals surface area contributed by atoms with Crippen molar-refractivity contribution in [3.63, 3.8) is 0 Å². The number of amides is 1. The van der Waals surface area contributed by atoms with Crippen LogP contribution >= 0.6 is 0 Å². The van der Waals surface area contributed by atoms with E-state index in [1.807, 2.05) is 0 Å². The zero-order valence-electron chi connectivity index (χ0n) is 9.58. The molecule has 6 heteroatoms. The number of anilines is 1. The summed E-state index contributed by atoms with van der Waals surface area (Å²) in [5.41, 5.74) is 0. The molecule has 0 saturated carbocycles. The first-order valence-electron chi connectivity index (χ1n) is 5.15. The van der Waals surface area contributed by atoms with Gasteiger partial charge in [-0.1, -0.05) is 5.16 Å². The zero-order chi connectivity index (χ0) is 11.8. The molecule has 1 amide bonds. The van der Waals surface area contributed by atoms with Crippen LogP contribution in [-0.4, -0.2) is 37.9 Å². The van der Waals surface area contributed by atoms with E-state index in [0.717, 1.165) is 6.42 Å². The van der Waals surface area contributed by atoms with Crippen molar-refractivity contribution in [2.45, 2.75) is 13.3 Å². The van der Waals surface area contributed by atoms with Gasteiger partial charge < -0.3 is 19.9 Å². The average Bonchev–Trinajstić information content (AvgIpc) is 2.68. The van der Waals surface area contributed by atoms with Crippen molar-refractivity contribution in [2.75, 3.05) is 32.1 Å². The second-order valence-corrected chi connectivity index (χ2v) is 3.37. The number of rotatable bonds is 7. The summed E-state index contributed by atoms with van der Waals surface area (Å²) >= 11 is 0. The highest BCUT2D eigenvalue weighted by molar-refractivity contribution is 5.80. The number of methoxy groups -OCH3 is 1. The van der Waals surface area contributed by atoms with E-state index in [1.165, 1.54) is 0 Å². The summed E-state index contributed by atoms with van der Waals surface area (Å²) in [6, 6.07) is 1.73. The van der Waals surface area contributed by atoms with Crippen LogP contribution in [0.4, 0.5) is 5.82 Å². The van der Waals surface area contributed by atoms with E-state index >= 15 is 0 Å². The number of carbonyl (C=O) groups excluding carboxylic acids is 1. The standard InChI is InChI=1S/C10H17N3O3/c1-8-6-9(13-16-8)12-7-10(14)11-4-3-5-15-2/h6H,3-5,7H2,1-2H3,(H,11,14)(H,12,13). The van der Waals surface area contributed by atoms with Crippen LogP contribution in [0.2, 0.25) is 0 Å². The summed E-state index contributed by atoms with van der Waals surface area (Å²) in [6.45, 7) is 3.25. The van der Waals surface area contributed by atoms with Crippen LogP contribution in [-0.2, 0) is 9.53 Å². The summed E-state index contributed by atoms with van der Waals surface area (Å²) in [5, 5.41) is 9.32. The highest BCUT2D eigenvalue weighted by atomic mass is 16.5. The minimum Gasteiger partial charge on any atom is -0.385 e. The number of ether oxygens (including phenoxy) is 1. The van der Waals surface area contributed by atoms with E-state index in [0.29, 0.717) is 24.7 Å². The third-order valence-corrected chi connectivity index (χ3v) is 1.91. The molecule has 0 aliphatic carbocycles. The summed E-state index contributed by atoms with van der Waals surface area (Å²) in [6.07, 6.45) is 0.811. The molecule has 90 valence electrons. The van der Waals surface area contributed by atoms with Gasteiger partial charge >= 0.3 is 0 Å². The van der Waals surface area contributed by atoms with Crippen LogP contribution in [0.5, 0.6) is 0 Å². The van der Waals surface area contributed by atoms with Gasteiger partial charge in [-0.05, 0) is 13.3 Å². The first kappa shape index (κ1) is 12.5. The molecule has 6 nitrogen and oxygen atoms in total. The fraction of sp³-hybridized carbons (Fsp3) is 0.600. The van der Waals surface area contributed by atoms with Gasteiger partial charge in [0.15, 0.2) is 5.82 Å². The third kappa shape index (κ3) is 4.79. The van der Waals surface area contributed by atoms with Crippen LogP contribution in [0.3, 0.4) is 0 Å². The van der Waals surface area contributed by atoms with Gasteiger partial charge in [-0.2, -0.15) is 0 Å². The number of aryl methyl sites for hydroxylation is 1. The molecule has 0 radical (unpaired) electrons. The maximum Gasteiger partial charge on any atom is 0.239 e. The molecule has 0 aliphatic rings. The Morgan fingerprint density at radius 1 is 1.62 bits per heavy atom. The van der Waals surface area contributed by atoms with Crippen LogP contribution in [0.1, 0.15) is 12.2 Å². The first-order valence-corrected chi connectivity index (χ1v) is 5.15. The number of nitrogens with zero attached hydrogens (tertiary/aromatic N) is 1. The van der Waals surface area contributed by atoms with Gasteiger partial charge in [0, 0.05) is 26.3 Å². The lowest BCUT2D eigenvalue weighted by Gasteiger charge is -2.04. The van der Waals surface area contributed by atoms with E-state index in [2.05, 4.69) is 15.8 Å². The minimum absolute atomic E-state index is 0.0724. The molecule has 1 aromatic rings. The minimum atomic E-state index is -0.0724. The van der Waals surface area contributed by atoms with Gasteiger partial charge in [0.25, 0.3) is 0 Å². The lowest BCUT2D eigenvalue weighted by atomic mass is 10.4. The smallest absolute Gasteiger partial charge is 0.239 e. The van der Waals surface area contributed by atoms with Crippen molar-refractivity contribution in [2.24, 2.45) is 0 Å². The van der Waals surface area contributed by atoms with Gasteiger partial charge in [-0.3, -0.25) is 4.79 Å². The Morgan fingerprint density at radius 2 is 2.44 bits per heavy atom. The van der Waals surface area contributed by atoms with Crippen molar-refractivity contribution >= 4 is 11.7 Å². The number of nitrogens with one attached hydrogen (secondary N) is 2. The highest BCUT2D eigenvalue weighted by Crippen LogP contribution is 2.05. The molecule has 0 aliphatic heterocycles. The Labute approximate surface area is 94.3 Å². The van der Waals surface area contributed by atoms with Gasteiger partial charge in [0.1, 0.15) is 5.76 Å². The van der Waals surface area contributed by atoms with Crippen molar-refractivity contribution < 1.29 is 14.1 Å². The molecule has 0 spiro atoms. The van der Waals surface area contributed by atoms with Gasteiger partial charge in [-0.15, -0.1) is 0 Å². The predicted molar refractivity (Wildman–Crippen MR) is 59.2 cm³/mol. The van der Waals surface area contributed by atoms with Crippen molar-refractivity contribution in [1.82, 2.24) is 10.5 Å². The molecular weight excluding hydrogens is 210 g/mol. The van der Waals surface area contributed by atoms with Crippen molar-refractivity contribution in [1.29, 1.82) is 0 Å². The van der Waals surface area contributed by atoms with E-state index < -0.39 is 0 Å². The Bertz CT molecular complexity index is 325.